The summed E-state index contributed by atoms with van der Waals surface area (Å²) in [5, 5.41) is 14.0. The third-order valence-electron chi connectivity index (χ3n) is 6.00. The number of aliphatic hydroxyl groups is 1. The molecule has 1 amide bonds. The molecule has 2 aromatic carbocycles. The zero-order valence-corrected chi connectivity index (χ0v) is 18.5. The Labute approximate surface area is 188 Å². The fraction of sp³-hybridized carbons (Fsp3) is 0.458. The van der Waals surface area contributed by atoms with E-state index in [0.717, 1.165) is 12.8 Å². The van der Waals surface area contributed by atoms with Gasteiger partial charge in [0.05, 0.1) is 14.2 Å². The molecule has 2 atom stereocenters. The number of ether oxygens (including phenoxy) is 4. The molecule has 0 radical (unpaired) electrons. The van der Waals surface area contributed by atoms with E-state index in [1.165, 1.54) is 0 Å². The summed E-state index contributed by atoms with van der Waals surface area (Å²) in [7, 11) is 3.10. The zero-order chi connectivity index (χ0) is 22.5. The van der Waals surface area contributed by atoms with E-state index in [0.29, 0.717) is 54.8 Å². The molecule has 32 heavy (non-hydrogen) atoms. The van der Waals surface area contributed by atoms with Crippen LogP contribution < -0.4 is 24.3 Å². The lowest BCUT2D eigenvalue weighted by atomic mass is 10.0. The standard InChI is InChI=1S/C24H30N2O6/c1-29-20-8-5-9-21(30-2)23(20)24(28)26-12-10-16(11-13-26)25-14-17(27)22-15-31-18-6-3-4-7-19(18)32-22/h3-9,16-17,22,25,27H,10-15H2,1-2H3. The van der Waals surface area contributed by atoms with E-state index in [2.05, 4.69) is 5.32 Å². The molecule has 2 aromatic rings. The van der Waals surface area contributed by atoms with E-state index in [-0.39, 0.29) is 11.9 Å². The molecule has 0 spiro atoms. The van der Waals surface area contributed by atoms with Gasteiger partial charge < -0.3 is 34.3 Å². The highest BCUT2D eigenvalue weighted by atomic mass is 16.6. The predicted octanol–water partition coefficient (Wildman–Crippen LogP) is 2.10. The minimum atomic E-state index is -0.694. The van der Waals surface area contributed by atoms with Crippen molar-refractivity contribution in [1.29, 1.82) is 0 Å². The first-order valence-corrected chi connectivity index (χ1v) is 10.9. The van der Waals surface area contributed by atoms with Crippen molar-refractivity contribution in [2.24, 2.45) is 0 Å². The van der Waals surface area contributed by atoms with E-state index in [4.69, 9.17) is 18.9 Å². The van der Waals surface area contributed by atoms with Crippen LogP contribution in [0, 0.1) is 0 Å². The van der Waals surface area contributed by atoms with Crippen molar-refractivity contribution < 1.29 is 28.8 Å². The van der Waals surface area contributed by atoms with Gasteiger partial charge in [-0.05, 0) is 37.1 Å². The van der Waals surface area contributed by atoms with E-state index in [1.807, 2.05) is 29.2 Å². The number of hydrogen-bond donors (Lipinski definition) is 2. The Bertz CT molecular complexity index is 906. The van der Waals surface area contributed by atoms with E-state index in [9.17, 15) is 9.90 Å². The number of fused-ring (bicyclic) bond motifs is 1. The molecule has 2 aliphatic heterocycles. The lowest BCUT2D eigenvalue weighted by Gasteiger charge is -2.34. The Balaban J connectivity index is 1.27. The van der Waals surface area contributed by atoms with Crippen molar-refractivity contribution in [1.82, 2.24) is 10.2 Å². The number of amides is 1. The van der Waals surface area contributed by atoms with Gasteiger partial charge in [-0.25, -0.2) is 0 Å². The van der Waals surface area contributed by atoms with Gasteiger partial charge in [-0.1, -0.05) is 18.2 Å². The first-order valence-electron chi connectivity index (χ1n) is 10.9. The normalized spacial score (nSPS) is 19.3. The summed E-state index contributed by atoms with van der Waals surface area (Å²) < 4.78 is 22.3. The molecule has 4 rings (SSSR count). The van der Waals surface area contributed by atoms with Crippen LogP contribution in [0.3, 0.4) is 0 Å². The molecule has 0 saturated carbocycles. The summed E-state index contributed by atoms with van der Waals surface area (Å²) in [6.45, 7) is 1.94. The average molecular weight is 443 g/mol. The maximum Gasteiger partial charge on any atom is 0.261 e. The first kappa shape index (κ1) is 22.2. The van der Waals surface area contributed by atoms with E-state index >= 15 is 0 Å². The molecule has 0 aliphatic carbocycles. The fourth-order valence-corrected chi connectivity index (χ4v) is 4.15. The van der Waals surface area contributed by atoms with Crippen molar-refractivity contribution >= 4 is 5.91 Å². The van der Waals surface area contributed by atoms with E-state index in [1.54, 1.807) is 32.4 Å². The number of benzene rings is 2. The molecule has 2 aliphatic rings. The maximum atomic E-state index is 13.1. The molecule has 2 heterocycles. The highest BCUT2D eigenvalue weighted by Gasteiger charge is 2.30. The minimum Gasteiger partial charge on any atom is -0.496 e. The second-order valence-corrected chi connectivity index (χ2v) is 7.99. The van der Waals surface area contributed by atoms with Crippen LogP contribution in [0.2, 0.25) is 0 Å². The van der Waals surface area contributed by atoms with Gasteiger partial charge in [0.2, 0.25) is 0 Å². The number of aliphatic hydroxyl groups excluding tert-OH is 1. The fourth-order valence-electron chi connectivity index (χ4n) is 4.15. The summed E-state index contributed by atoms with van der Waals surface area (Å²) in [5.41, 5.74) is 0.453. The van der Waals surface area contributed by atoms with Gasteiger partial charge in [0.1, 0.15) is 29.8 Å². The van der Waals surface area contributed by atoms with Gasteiger partial charge >= 0.3 is 0 Å². The molecule has 8 nitrogen and oxygen atoms in total. The van der Waals surface area contributed by atoms with Gasteiger partial charge in [-0.3, -0.25) is 4.79 Å². The largest absolute Gasteiger partial charge is 0.496 e. The highest BCUT2D eigenvalue weighted by Crippen LogP contribution is 2.32. The molecule has 0 aromatic heterocycles. The summed E-state index contributed by atoms with van der Waals surface area (Å²) in [6.07, 6.45) is 0.472. The van der Waals surface area contributed by atoms with Gasteiger partial charge in [-0.15, -0.1) is 0 Å². The topological polar surface area (TPSA) is 89.5 Å². The number of nitrogens with one attached hydrogen (secondary N) is 1. The third-order valence-corrected chi connectivity index (χ3v) is 6.00. The van der Waals surface area contributed by atoms with Crippen LogP contribution in [-0.2, 0) is 0 Å². The quantitative estimate of drug-likeness (QED) is 0.679. The van der Waals surface area contributed by atoms with Crippen LogP contribution in [-0.4, -0.2) is 74.6 Å². The van der Waals surface area contributed by atoms with Crippen molar-refractivity contribution in [2.75, 3.05) is 40.5 Å². The van der Waals surface area contributed by atoms with Crippen molar-refractivity contribution in [3.05, 3.63) is 48.0 Å². The molecule has 172 valence electrons. The lowest BCUT2D eigenvalue weighted by Crippen LogP contribution is -2.50. The maximum absolute atomic E-state index is 13.1. The van der Waals surface area contributed by atoms with Crippen molar-refractivity contribution in [3.63, 3.8) is 0 Å². The SMILES string of the molecule is COc1cccc(OC)c1C(=O)N1CCC(NCC(O)C2COc3ccccc3O2)CC1. The van der Waals surface area contributed by atoms with Crippen LogP contribution in [0.15, 0.2) is 42.5 Å². The first-order chi connectivity index (χ1) is 15.6. The number of carbonyl (C=O) groups is 1. The minimum absolute atomic E-state index is 0.0933. The van der Waals surface area contributed by atoms with Crippen molar-refractivity contribution in [3.8, 4) is 23.0 Å². The Morgan fingerprint density at radius 1 is 1.09 bits per heavy atom. The average Bonchev–Trinajstić information content (AvgIpc) is 2.86. The van der Waals surface area contributed by atoms with Crippen LogP contribution in [0.25, 0.3) is 0 Å². The Kier molecular flexibility index (Phi) is 7.02. The van der Waals surface area contributed by atoms with Gasteiger partial charge in [-0.2, -0.15) is 0 Å². The molecule has 2 N–H and O–H groups in total. The molecule has 8 heteroatoms. The number of nitrogens with zero attached hydrogens (tertiary/aromatic N) is 1. The van der Waals surface area contributed by atoms with Gasteiger partial charge in [0, 0.05) is 25.7 Å². The molecular formula is C24H30N2O6. The molecule has 0 bridgehead atoms. The van der Waals surface area contributed by atoms with Crippen LogP contribution in [0.1, 0.15) is 23.2 Å². The number of likely N-dealkylation sites (tertiary alicyclic amines) is 1. The number of hydrogen-bond acceptors (Lipinski definition) is 7. The Hall–Kier alpha value is -2.97. The summed E-state index contributed by atoms with van der Waals surface area (Å²) in [4.78, 5) is 14.9. The van der Waals surface area contributed by atoms with Gasteiger partial charge in [0.25, 0.3) is 5.91 Å². The lowest BCUT2D eigenvalue weighted by molar-refractivity contribution is -0.0109. The number of methoxy groups -OCH3 is 2. The Morgan fingerprint density at radius 3 is 2.41 bits per heavy atom. The van der Waals surface area contributed by atoms with Crippen LogP contribution >= 0.6 is 0 Å². The second-order valence-electron chi connectivity index (χ2n) is 7.99. The number of carbonyl (C=O) groups excluding carboxylic acids is 1. The number of para-hydroxylation sites is 2. The second kappa shape index (κ2) is 10.1. The Morgan fingerprint density at radius 2 is 1.75 bits per heavy atom. The molecule has 1 saturated heterocycles. The third kappa shape index (κ3) is 4.76. The summed E-state index contributed by atoms with van der Waals surface area (Å²) >= 11 is 0. The van der Waals surface area contributed by atoms with Crippen molar-refractivity contribution in [2.45, 2.75) is 31.1 Å². The van der Waals surface area contributed by atoms with E-state index < -0.39 is 12.2 Å². The predicted molar refractivity (Wildman–Crippen MR) is 119 cm³/mol. The monoisotopic (exact) mass is 442 g/mol. The zero-order valence-electron chi connectivity index (χ0n) is 18.5. The van der Waals surface area contributed by atoms with Crippen LogP contribution in [0.4, 0.5) is 0 Å². The molecule has 2 unspecified atom stereocenters. The molecule has 1 fully saturated rings. The van der Waals surface area contributed by atoms with Gasteiger partial charge in [0.15, 0.2) is 17.6 Å². The number of rotatable bonds is 7. The smallest absolute Gasteiger partial charge is 0.261 e. The summed E-state index contributed by atoms with van der Waals surface area (Å²) in [5.74, 6) is 2.28. The number of piperidine rings is 1. The summed E-state index contributed by atoms with van der Waals surface area (Å²) in [6, 6.07) is 13.0. The molecular weight excluding hydrogens is 412 g/mol. The highest BCUT2D eigenvalue weighted by molar-refractivity contribution is 5.99. The van der Waals surface area contributed by atoms with Crippen LogP contribution in [0.5, 0.6) is 23.0 Å².